The number of hydrogen-bond acceptors (Lipinski definition) is 1. The molecule has 1 aliphatic rings. The molecule has 0 unspecified atom stereocenters. The molecular weight excluding hydrogens is 201 g/mol. The highest BCUT2D eigenvalue weighted by molar-refractivity contribution is 6.31. The van der Waals surface area contributed by atoms with Crippen molar-refractivity contribution in [2.75, 3.05) is 0 Å². The SMILES string of the molecule is Cc1cc(Cl)c(CNC2CC2)cc1F. The molecule has 1 aliphatic carbocycles. The van der Waals surface area contributed by atoms with Crippen molar-refractivity contribution >= 4 is 11.6 Å². The number of nitrogens with one attached hydrogen (secondary N) is 1. The lowest BCUT2D eigenvalue weighted by Crippen LogP contribution is -2.15. The number of rotatable bonds is 3. The summed E-state index contributed by atoms with van der Waals surface area (Å²) in [4.78, 5) is 0. The summed E-state index contributed by atoms with van der Waals surface area (Å²) < 4.78 is 13.2. The number of benzene rings is 1. The standard InChI is InChI=1S/C11H13ClFN/c1-7-4-10(12)8(5-11(7)13)6-14-9-2-3-9/h4-5,9,14H,2-3,6H2,1H3. The van der Waals surface area contributed by atoms with Crippen molar-refractivity contribution in [3.63, 3.8) is 0 Å². The van der Waals surface area contributed by atoms with Crippen LogP contribution in [-0.4, -0.2) is 6.04 Å². The predicted molar refractivity (Wildman–Crippen MR) is 56.0 cm³/mol. The maximum Gasteiger partial charge on any atom is 0.126 e. The first-order chi connectivity index (χ1) is 6.66. The molecule has 1 N–H and O–H groups in total. The van der Waals surface area contributed by atoms with Gasteiger partial charge >= 0.3 is 0 Å². The molecule has 0 amide bonds. The molecule has 1 aromatic carbocycles. The van der Waals surface area contributed by atoms with Crippen LogP contribution in [0.1, 0.15) is 24.0 Å². The van der Waals surface area contributed by atoms with Crippen LogP contribution in [0.3, 0.4) is 0 Å². The zero-order chi connectivity index (χ0) is 10.1. The van der Waals surface area contributed by atoms with Crippen molar-refractivity contribution in [2.24, 2.45) is 0 Å². The van der Waals surface area contributed by atoms with Gasteiger partial charge in [-0.15, -0.1) is 0 Å². The number of halogens is 2. The van der Waals surface area contributed by atoms with E-state index in [4.69, 9.17) is 11.6 Å². The molecule has 0 heterocycles. The molecule has 2 rings (SSSR count). The highest BCUT2D eigenvalue weighted by Crippen LogP contribution is 2.23. The van der Waals surface area contributed by atoms with Crippen LogP contribution in [0.15, 0.2) is 12.1 Å². The highest BCUT2D eigenvalue weighted by atomic mass is 35.5. The molecule has 76 valence electrons. The first-order valence-corrected chi connectivity index (χ1v) is 5.22. The van der Waals surface area contributed by atoms with Crippen molar-refractivity contribution in [1.82, 2.24) is 5.32 Å². The molecule has 1 fully saturated rings. The molecule has 14 heavy (non-hydrogen) atoms. The van der Waals surface area contributed by atoms with E-state index in [2.05, 4.69) is 5.32 Å². The van der Waals surface area contributed by atoms with Crippen LogP contribution in [0.5, 0.6) is 0 Å². The molecule has 1 nitrogen and oxygen atoms in total. The van der Waals surface area contributed by atoms with Gasteiger partial charge in [0, 0.05) is 17.6 Å². The maximum atomic E-state index is 13.2. The van der Waals surface area contributed by atoms with E-state index in [1.807, 2.05) is 0 Å². The maximum absolute atomic E-state index is 13.2. The molecule has 0 aromatic heterocycles. The van der Waals surface area contributed by atoms with E-state index in [9.17, 15) is 4.39 Å². The lowest BCUT2D eigenvalue weighted by molar-refractivity contribution is 0.611. The summed E-state index contributed by atoms with van der Waals surface area (Å²) in [6, 6.07) is 3.82. The first-order valence-electron chi connectivity index (χ1n) is 4.84. The monoisotopic (exact) mass is 213 g/mol. The van der Waals surface area contributed by atoms with E-state index in [1.165, 1.54) is 18.9 Å². The Balaban J connectivity index is 2.10. The topological polar surface area (TPSA) is 12.0 Å². The Kier molecular flexibility index (Phi) is 2.75. The Morgan fingerprint density at radius 3 is 2.86 bits per heavy atom. The van der Waals surface area contributed by atoms with Crippen LogP contribution < -0.4 is 5.32 Å². The van der Waals surface area contributed by atoms with Crippen LogP contribution in [-0.2, 0) is 6.54 Å². The van der Waals surface area contributed by atoms with Gasteiger partial charge in [-0.05, 0) is 43.0 Å². The van der Waals surface area contributed by atoms with E-state index in [0.717, 1.165) is 5.56 Å². The van der Waals surface area contributed by atoms with Crippen molar-refractivity contribution in [2.45, 2.75) is 32.4 Å². The predicted octanol–water partition coefficient (Wildman–Crippen LogP) is 3.04. The summed E-state index contributed by atoms with van der Waals surface area (Å²) >= 11 is 6.00. The minimum absolute atomic E-state index is 0.179. The molecule has 1 aromatic rings. The third kappa shape index (κ3) is 2.25. The van der Waals surface area contributed by atoms with Crippen molar-refractivity contribution < 1.29 is 4.39 Å². The number of aryl methyl sites for hydroxylation is 1. The molecular formula is C11H13ClFN. The molecule has 0 spiro atoms. The Labute approximate surface area is 88.3 Å². The van der Waals surface area contributed by atoms with Gasteiger partial charge in [-0.3, -0.25) is 0 Å². The van der Waals surface area contributed by atoms with Gasteiger partial charge in [0.1, 0.15) is 5.82 Å². The molecule has 0 aliphatic heterocycles. The van der Waals surface area contributed by atoms with E-state index in [-0.39, 0.29) is 5.82 Å². The van der Waals surface area contributed by atoms with Crippen molar-refractivity contribution in [3.8, 4) is 0 Å². The lowest BCUT2D eigenvalue weighted by atomic mass is 10.1. The van der Waals surface area contributed by atoms with Crippen molar-refractivity contribution in [1.29, 1.82) is 0 Å². The van der Waals surface area contributed by atoms with E-state index in [1.54, 1.807) is 13.0 Å². The Bertz CT molecular complexity index is 347. The molecule has 0 atom stereocenters. The Hall–Kier alpha value is -0.600. The third-order valence-electron chi connectivity index (χ3n) is 2.49. The average Bonchev–Trinajstić information content (AvgIpc) is 2.92. The van der Waals surface area contributed by atoms with Gasteiger partial charge < -0.3 is 5.32 Å². The van der Waals surface area contributed by atoms with E-state index in [0.29, 0.717) is 23.2 Å². The molecule has 0 radical (unpaired) electrons. The van der Waals surface area contributed by atoms with Crippen LogP contribution in [0.2, 0.25) is 5.02 Å². The fourth-order valence-electron chi connectivity index (χ4n) is 1.36. The fourth-order valence-corrected chi connectivity index (χ4v) is 1.65. The Morgan fingerprint density at radius 1 is 1.50 bits per heavy atom. The van der Waals surface area contributed by atoms with Crippen LogP contribution in [0.4, 0.5) is 4.39 Å². The quantitative estimate of drug-likeness (QED) is 0.814. The van der Waals surface area contributed by atoms with Crippen LogP contribution >= 0.6 is 11.6 Å². The van der Waals surface area contributed by atoms with Crippen LogP contribution in [0.25, 0.3) is 0 Å². The largest absolute Gasteiger partial charge is 0.310 e. The Morgan fingerprint density at radius 2 is 2.21 bits per heavy atom. The van der Waals surface area contributed by atoms with Gasteiger partial charge in [0.15, 0.2) is 0 Å². The van der Waals surface area contributed by atoms with Gasteiger partial charge in [-0.2, -0.15) is 0 Å². The molecule has 3 heteroatoms. The average molecular weight is 214 g/mol. The molecule has 0 saturated heterocycles. The van der Waals surface area contributed by atoms with Gasteiger partial charge in [0.2, 0.25) is 0 Å². The van der Waals surface area contributed by atoms with E-state index >= 15 is 0 Å². The summed E-state index contributed by atoms with van der Waals surface area (Å²) in [6.07, 6.45) is 2.46. The summed E-state index contributed by atoms with van der Waals surface area (Å²) in [7, 11) is 0. The normalized spacial score (nSPS) is 15.9. The summed E-state index contributed by atoms with van der Waals surface area (Å²) in [6.45, 7) is 2.39. The summed E-state index contributed by atoms with van der Waals surface area (Å²) in [5, 5.41) is 3.96. The van der Waals surface area contributed by atoms with Gasteiger partial charge in [-0.1, -0.05) is 11.6 Å². The minimum Gasteiger partial charge on any atom is -0.310 e. The van der Waals surface area contributed by atoms with Crippen LogP contribution in [0, 0.1) is 12.7 Å². The summed E-state index contributed by atoms with van der Waals surface area (Å²) in [5.74, 6) is -0.179. The molecule has 1 saturated carbocycles. The lowest BCUT2D eigenvalue weighted by Gasteiger charge is -2.07. The zero-order valence-corrected chi connectivity index (χ0v) is 8.87. The first kappa shape index (κ1) is 9.94. The summed E-state index contributed by atoms with van der Waals surface area (Å²) in [5.41, 5.74) is 1.45. The third-order valence-corrected chi connectivity index (χ3v) is 2.84. The fraction of sp³-hybridized carbons (Fsp3) is 0.455. The zero-order valence-electron chi connectivity index (χ0n) is 8.11. The van der Waals surface area contributed by atoms with Crippen molar-refractivity contribution in [3.05, 3.63) is 34.1 Å². The second-order valence-corrected chi connectivity index (χ2v) is 4.26. The number of hydrogen-bond donors (Lipinski definition) is 1. The van der Waals surface area contributed by atoms with Gasteiger partial charge in [0.05, 0.1) is 0 Å². The molecule has 0 bridgehead atoms. The smallest absolute Gasteiger partial charge is 0.126 e. The highest BCUT2D eigenvalue weighted by Gasteiger charge is 2.20. The van der Waals surface area contributed by atoms with E-state index < -0.39 is 0 Å². The second kappa shape index (κ2) is 3.87. The minimum atomic E-state index is -0.179. The van der Waals surface area contributed by atoms with Gasteiger partial charge in [0.25, 0.3) is 0 Å². The second-order valence-electron chi connectivity index (χ2n) is 3.85. The van der Waals surface area contributed by atoms with Gasteiger partial charge in [-0.25, -0.2) is 4.39 Å².